The molecule has 1 aliphatic heterocycles. The van der Waals surface area contributed by atoms with E-state index in [0.717, 1.165) is 26.1 Å². The van der Waals surface area contributed by atoms with Crippen LogP contribution in [0.15, 0.2) is 40.6 Å². The van der Waals surface area contributed by atoms with Crippen molar-refractivity contribution in [2.24, 2.45) is 0 Å². The molecule has 0 amide bonds. The van der Waals surface area contributed by atoms with Crippen LogP contribution in [-0.4, -0.2) is 43.4 Å². The standard InChI is InChI=1S/C21H25N3O2S3/c1-14-6-5-7-18(10-14)24-9-8-23(12-16(24)3)29(25,26)20-11-19(28-17(20)4)21-22-15(2)13-27-21/h5-7,10-11,13,16H,8-9,12H2,1-4H3/t16-/m1/s1. The lowest BCUT2D eigenvalue weighted by atomic mass is 10.1. The van der Waals surface area contributed by atoms with E-state index in [1.54, 1.807) is 21.7 Å². The van der Waals surface area contributed by atoms with Gasteiger partial charge >= 0.3 is 0 Å². The van der Waals surface area contributed by atoms with Crippen LogP contribution < -0.4 is 4.90 Å². The van der Waals surface area contributed by atoms with Gasteiger partial charge in [-0.15, -0.1) is 22.7 Å². The number of anilines is 1. The van der Waals surface area contributed by atoms with Gasteiger partial charge in [0, 0.05) is 47.3 Å². The fraction of sp³-hybridized carbons (Fsp3) is 0.381. The first-order valence-corrected chi connectivity index (χ1v) is 12.8. The molecule has 5 nitrogen and oxygen atoms in total. The molecule has 0 saturated carbocycles. The van der Waals surface area contributed by atoms with Crippen LogP contribution in [0.1, 0.15) is 23.1 Å². The molecule has 1 saturated heterocycles. The minimum absolute atomic E-state index is 0.111. The zero-order valence-electron chi connectivity index (χ0n) is 17.0. The van der Waals surface area contributed by atoms with Crippen molar-refractivity contribution in [2.45, 2.75) is 38.6 Å². The van der Waals surface area contributed by atoms with Gasteiger partial charge in [0.25, 0.3) is 0 Å². The molecule has 1 aromatic carbocycles. The van der Waals surface area contributed by atoms with Crippen LogP contribution in [0, 0.1) is 20.8 Å². The number of thiazole rings is 1. The Morgan fingerprint density at radius 3 is 2.59 bits per heavy atom. The topological polar surface area (TPSA) is 53.5 Å². The molecule has 3 heterocycles. The number of hydrogen-bond acceptors (Lipinski definition) is 6. The largest absolute Gasteiger partial charge is 0.366 e. The highest BCUT2D eigenvalue weighted by Gasteiger charge is 2.34. The molecular weight excluding hydrogens is 422 g/mol. The maximum Gasteiger partial charge on any atom is 0.244 e. The molecule has 29 heavy (non-hydrogen) atoms. The molecule has 1 fully saturated rings. The summed E-state index contributed by atoms with van der Waals surface area (Å²) in [6, 6.07) is 10.3. The van der Waals surface area contributed by atoms with Crippen molar-refractivity contribution in [1.29, 1.82) is 0 Å². The van der Waals surface area contributed by atoms with Gasteiger partial charge in [0.15, 0.2) is 0 Å². The molecule has 0 N–H and O–H groups in total. The molecule has 2 aromatic heterocycles. The zero-order valence-corrected chi connectivity index (χ0v) is 19.5. The summed E-state index contributed by atoms with van der Waals surface area (Å²) in [5, 5.41) is 2.87. The van der Waals surface area contributed by atoms with Crippen LogP contribution in [0.3, 0.4) is 0 Å². The lowest BCUT2D eigenvalue weighted by Crippen LogP contribution is -2.53. The number of benzene rings is 1. The van der Waals surface area contributed by atoms with E-state index in [9.17, 15) is 8.42 Å². The predicted octanol–water partition coefficient (Wildman–Crippen LogP) is 4.70. The SMILES string of the molecule is Cc1cccc(N2CCN(S(=O)(=O)c3cc(-c4nc(C)cs4)sc3C)C[C@H]2C)c1. The fourth-order valence-electron chi connectivity index (χ4n) is 3.77. The smallest absolute Gasteiger partial charge is 0.244 e. The van der Waals surface area contributed by atoms with Gasteiger partial charge in [-0.3, -0.25) is 0 Å². The molecule has 0 radical (unpaired) electrons. The van der Waals surface area contributed by atoms with Crippen molar-refractivity contribution in [3.8, 4) is 9.88 Å². The number of hydrogen-bond donors (Lipinski definition) is 0. The molecule has 1 aliphatic rings. The van der Waals surface area contributed by atoms with Crippen molar-refractivity contribution in [2.75, 3.05) is 24.5 Å². The average Bonchev–Trinajstić information content (AvgIpc) is 3.27. The number of sulfonamides is 1. The van der Waals surface area contributed by atoms with Crippen LogP contribution in [-0.2, 0) is 10.0 Å². The molecule has 4 rings (SSSR count). The molecular formula is C21H25N3O2S3. The van der Waals surface area contributed by atoms with Gasteiger partial charge in [-0.05, 0) is 51.5 Å². The lowest BCUT2D eigenvalue weighted by Gasteiger charge is -2.40. The van der Waals surface area contributed by atoms with E-state index in [1.807, 2.05) is 19.2 Å². The van der Waals surface area contributed by atoms with Crippen molar-refractivity contribution in [3.63, 3.8) is 0 Å². The summed E-state index contributed by atoms with van der Waals surface area (Å²) in [5.41, 5.74) is 3.33. The highest BCUT2D eigenvalue weighted by Crippen LogP contribution is 2.37. The third-order valence-electron chi connectivity index (χ3n) is 5.24. The van der Waals surface area contributed by atoms with Gasteiger partial charge in [0.1, 0.15) is 5.01 Å². The second-order valence-electron chi connectivity index (χ2n) is 7.57. The monoisotopic (exact) mass is 447 g/mol. The van der Waals surface area contributed by atoms with E-state index >= 15 is 0 Å². The van der Waals surface area contributed by atoms with Crippen molar-refractivity contribution < 1.29 is 8.42 Å². The van der Waals surface area contributed by atoms with E-state index in [4.69, 9.17) is 0 Å². The Hall–Kier alpha value is -1.74. The maximum absolute atomic E-state index is 13.4. The number of nitrogens with zero attached hydrogens (tertiary/aromatic N) is 3. The summed E-state index contributed by atoms with van der Waals surface area (Å²) in [4.78, 5) is 8.96. The zero-order chi connectivity index (χ0) is 20.8. The third kappa shape index (κ3) is 3.99. The summed E-state index contributed by atoms with van der Waals surface area (Å²) in [6.07, 6.45) is 0. The summed E-state index contributed by atoms with van der Waals surface area (Å²) < 4.78 is 28.4. The Morgan fingerprint density at radius 1 is 1.14 bits per heavy atom. The summed E-state index contributed by atoms with van der Waals surface area (Å²) in [6.45, 7) is 9.66. The Balaban J connectivity index is 1.57. The van der Waals surface area contributed by atoms with Crippen LogP contribution in [0.4, 0.5) is 5.69 Å². The molecule has 1 atom stereocenters. The molecule has 0 spiro atoms. The predicted molar refractivity (Wildman–Crippen MR) is 122 cm³/mol. The maximum atomic E-state index is 13.4. The lowest BCUT2D eigenvalue weighted by molar-refractivity contribution is 0.342. The number of aryl methyl sites for hydroxylation is 3. The van der Waals surface area contributed by atoms with E-state index in [2.05, 4.69) is 48.0 Å². The van der Waals surface area contributed by atoms with Gasteiger partial charge in [-0.2, -0.15) is 4.31 Å². The van der Waals surface area contributed by atoms with E-state index in [0.29, 0.717) is 24.5 Å². The van der Waals surface area contributed by atoms with Gasteiger partial charge in [0.05, 0.1) is 9.77 Å². The quantitative estimate of drug-likeness (QED) is 0.582. The van der Waals surface area contributed by atoms with E-state index in [-0.39, 0.29) is 6.04 Å². The van der Waals surface area contributed by atoms with Gasteiger partial charge in [-0.25, -0.2) is 13.4 Å². The Labute approximate surface area is 180 Å². The van der Waals surface area contributed by atoms with Crippen molar-refractivity contribution in [3.05, 3.63) is 51.8 Å². The van der Waals surface area contributed by atoms with Gasteiger partial charge in [0.2, 0.25) is 10.0 Å². The van der Waals surface area contributed by atoms with E-state index < -0.39 is 10.0 Å². The Kier molecular flexibility index (Phi) is 5.54. The second-order valence-corrected chi connectivity index (χ2v) is 11.6. The highest BCUT2D eigenvalue weighted by atomic mass is 32.2. The van der Waals surface area contributed by atoms with Crippen molar-refractivity contribution in [1.82, 2.24) is 9.29 Å². The molecule has 8 heteroatoms. The number of piperazine rings is 1. The van der Waals surface area contributed by atoms with E-state index in [1.165, 1.54) is 16.9 Å². The number of thiophene rings is 1. The number of aromatic nitrogens is 1. The summed E-state index contributed by atoms with van der Waals surface area (Å²) in [5.74, 6) is 0. The summed E-state index contributed by atoms with van der Waals surface area (Å²) >= 11 is 3.06. The molecule has 0 unspecified atom stereocenters. The van der Waals surface area contributed by atoms with Crippen LogP contribution in [0.2, 0.25) is 0 Å². The minimum atomic E-state index is -3.53. The molecule has 3 aromatic rings. The molecule has 154 valence electrons. The minimum Gasteiger partial charge on any atom is -0.366 e. The van der Waals surface area contributed by atoms with Gasteiger partial charge in [-0.1, -0.05) is 12.1 Å². The normalized spacial score (nSPS) is 18.3. The molecule has 0 bridgehead atoms. The number of rotatable bonds is 4. The Morgan fingerprint density at radius 2 is 1.93 bits per heavy atom. The first-order valence-electron chi connectivity index (χ1n) is 9.62. The van der Waals surface area contributed by atoms with Crippen LogP contribution >= 0.6 is 22.7 Å². The van der Waals surface area contributed by atoms with Gasteiger partial charge < -0.3 is 4.90 Å². The molecule has 0 aliphatic carbocycles. The van der Waals surface area contributed by atoms with Crippen LogP contribution in [0.5, 0.6) is 0 Å². The first-order chi connectivity index (χ1) is 13.8. The Bertz CT molecular complexity index is 1130. The van der Waals surface area contributed by atoms with Crippen LogP contribution in [0.25, 0.3) is 9.88 Å². The first kappa shape index (κ1) is 20.5. The van der Waals surface area contributed by atoms with Crippen molar-refractivity contribution >= 4 is 38.4 Å². The average molecular weight is 448 g/mol. The third-order valence-corrected chi connectivity index (χ3v) is 9.54. The second kappa shape index (κ2) is 7.83. The fourth-order valence-corrected chi connectivity index (χ4v) is 7.70. The summed E-state index contributed by atoms with van der Waals surface area (Å²) in [7, 11) is -3.53. The highest BCUT2D eigenvalue weighted by molar-refractivity contribution is 7.89.